The zero-order chi connectivity index (χ0) is 19.2. The number of aromatic nitrogens is 2. The maximum absolute atomic E-state index is 8.19. The van der Waals surface area contributed by atoms with Gasteiger partial charge >= 0.3 is 0 Å². The number of pyridine rings is 2. The normalized spacial score (nSPS) is 16.5. The van der Waals surface area contributed by atoms with Crippen molar-refractivity contribution in [3.05, 3.63) is 36.2 Å². The number of nitrogens with zero attached hydrogens (tertiary/aromatic N) is 4. The van der Waals surface area contributed by atoms with Crippen LogP contribution in [0, 0.1) is 11.3 Å². The number of nitrogens with one attached hydrogen (secondary N) is 1. The van der Waals surface area contributed by atoms with E-state index in [2.05, 4.69) is 20.0 Å². The average molecular weight is 382 g/mol. The van der Waals surface area contributed by atoms with Gasteiger partial charge in [-0.05, 0) is 42.8 Å². The van der Waals surface area contributed by atoms with Crippen LogP contribution in [0.15, 0.2) is 40.6 Å². The Morgan fingerprint density at radius 1 is 1.30 bits per heavy atom. The molecule has 0 bridgehead atoms. The zero-order valence-electron chi connectivity index (χ0n) is 15.2. The summed E-state index contributed by atoms with van der Waals surface area (Å²) in [5, 5.41) is 9.12. The van der Waals surface area contributed by atoms with Crippen LogP contribution in [0.3, 0.4) is 0 Å². The van der Waals surface area contributed by atoms with Gasteiger partial charge in [0.1, 0.15) is 0 Å². The second-order valence-electron chi connectivity index (χ2n) is 6.34. The summed E-state index contributed by atoms with van der Waals surface area (Å²) in [5.74, 6) is 0.815. The van der Waals surface area contributed by atoms with E-state index in [1.165, 1.54) is 30.8 Å². The first-order valence-corrected chi connectivity index (χ1v) is 9.64. The summed E-state index contributed by atoms with van der Waals surface area (Å²) in [6.45, 7) is 0. The fourth-order valence-electron chi connectivity index (χ4n) is 3.09. The Bertz CT molecular complexity index is 927. The van der Waals surface area contributed by atoms with Gasteiger partial charge < -0.3 is 11.5 Å². The number of thioether (sulfide) groups is 1. The molecular formula is C19H23N7S. The van der Waals surface area contributed by atoms with E-state index in [0.717, 1.165) is 29.5 Å². The van der Waals surface area contributed by atoms with Gasteiger partial charge in [-0.1, -0.05) is 12.8 Å². The lowest BCUT2D eigenvalue weighted by Gasteiger charge is -2.09. The maximum atomic E-state index is 8.19. The van der Waals surface area contributed by atoms with E-state index in [1.807, 2.05) is 12.1 Å². The third kappa shape index (κ3) is 4.71. The van der Waals surface area contributed by atoms with Gasteiger partial charge in [-0.3, -0.25) is 15.4 Å². The topological polar surface area (TPSA) is 126 Å². The molecule has 0 radical (unpaired) electrons. The molecule has 0 saturated heterocycles. The number of rotatable bonds is 4. The number of fused-ring (bicyclic) bond motifs is 1. The van der Waals surface area contributed by atoms with Crippen LogP contribution in [-0.4, -0.2) is 33.4 Å². The number of allylic oxidation sites excluding steroid dienone is 1. The molecule has 27 heavy (non-hydrogen) atoms. The highest BCUT2D eigenvalue weighted by Gasteiger charge is 2.20. The van der Waals surface area contributed by atoms with Crippen molar-refractivity contribution >= 4 is 50.6 Å². The minimum atomic E-state index is 0.321. The lowest BCUT2D eigenvalue weighted by molar-refractivity contribution is 0.736. The van der Waals surface area contributed by atoms with E-state index in [1.54, 1.807) is 25.5 Å². The Hall–Kier alpha value is -2.74. The van der Waals surface area contributed by atoms with E-state index >= 15 is 0 Å². The molecule has 0 aliphatic heterocycles. The number of hydrogen-bond donors (Lipinski definition) is 3. The van der Waals surface area contributed by atoms with Crippen molar-refractivity contribution in [3.63, 3.8) is 0 Å². The first kappa shape index (κ1) is 19.0. The predicted octanol–water partition coefficient (Wildman–Crippen LogP) is 3.48. The van der Waals surface area contributed by atoms with Crippen molar-refractivity contribution in [1.29, 1.82) is 5.41 Å². The monoisotopic (exact) mass is 381 g/mol. The van der Waals surface area contributed by atoms with Crippen LogP contribution in [0.25, 0.3) is 16.6 Å². The number of nitrogens with two attached hydrogens (primary N) is 2. The Labute approximate surface area is 162 Å². The largest absolute Gasteiger partial charge is 0.404 e. The second-order valence-corrected chi connectivity index (χ2v) is 7.40. The summed E-state index contributed by atoms with van der Waals surface area (Å²) in [7, 11) is 1.69. The van der Waals surface area contributed by atoms with Crippen LogP contribution in [0.1, 0.15) is 31.2 Å². The van der Waals surface area contributed by atoms with Gasteiger partial charge in [-0.25, -0.2) is 9.98 Å². The van der Waals surface area contributed by atoms with Crippen molar-refractivity contribution in [2.45, 2.75) is 25.7 Å². The summed E-state index contributed by atoms with van der Waals surface area (Å²) in [4.78, 5) is 17.3. The number of hydrogen-bond acceptors (Lipinski definition) is 7. The molecule has 1 fully saturated rings. The average Bonchev–Trinajstić information content (AvgIpc) is 3.20. The molecular weight excluding hydrogens is 358 g/mol. The van der Waals surface area contributed by atoms with E-state index in [4.69, 9.17) is 16.9 Å². The highest BCUT2D eigenvalue weighted by Crippen LogP contribution is 2.30. The van der Waals surface area contributed by atoms with Crippen LogP contribution >= 0.6 is 11.8 Å². The fraction of sp³-hybridized carbons (Fsp3) is 0.316. The van der Waals surface area contributed by atoms with Crippen molar-refractivity contribution in [2.24, 2.45) is 27.4 Å². The van der Waals surface area contributed by atoms with Gasteiger partial charge in [0.2, 0.25) is 0 Å². The summed E-state index contributed by atoms with van der Waals surface area (Å²) in [6, 6.07) is 5.52. The fourth-order valence-corrected chi connectivity index (χ4v) is 3.86. The van der Waals surface area contributed by atoms with Crippen molar-refractivity contribution < 1.29 is 0 Å². The van der Waals surface area contributed by atoms with Gasteiger partial charge in [-0.15, -0.1) is 0 Å². The number of amidine groups is 1. The molecule has 5 N–H and O–H groups in total. The first-order valence-electron chi connectivity index (χ1n) is 8.82. The molecule has 1 aliphatic rings. The Morgan fingerprint density at radius 2 is 2.07 bits per heavy atom. The van der Waals surface area contributed by atoms with Gasteiger partial charge in [-0.2, -0.15) is 0 Å². The molecule has 8 heteroatoms. The van der Waals surface area contributed by atoms with Crippen LogP contribution < -0.4 is 11.5 Å². The lowest BCUT2D eigenvalue weighted by atomic mass is 10.1. The summed E-state index contributed by atoms with van der Waals surface area (Å²) >= 11 is 1.23. The minimum absolute atomic E-state index is 0.321. The maximum Gasteiger partial charge on any atom is 0.166 e. The quantitative estimate of drug-likeness (QED) is 0.552. The van der Waals surface area contributed by atoms with E-state index < -0.39 is 0 Å². The SMILES string of the molecule is CN=CC(=CN)c1cnc2ccc(N=C(N)SC(=N)C3CCCC3)nc2c1. The van der Waals surface area contributed by atoms with Crippen molar-refractivity contribution in [2.75, 3.05) is 7.05 Å². The molecule has 0 aromatic carbocycles. The van der Waals surface area contributed by atoms with E-state index in [9.17, 15) is 0 Å². The van der Waals surface area contributed by atoms with Crippen LogP contribution in [-0.2, 0) is 0 Å². The smallest absolute Gasteiger partial charge is 0.166 e. The molecule has 0 unspecified atom stereocenters. The lowest BCUT2D eigenvalue weighted by Crippen LogP contribution is -2.14. The third-order valence-corrected chi connectivity index (χ3v) is 5.32. The highest BCUT2D eigenvalue weighted by molar-refractivity contribution is 8.26. The molecule has 0 spiro atoms. The molecule has 0 atom stereocenters. The van der Waals surface area contributed by atoms with Gasteiger partial charge in [0.05, 0.1) is 16.1 Å². The Balaban J connectivity index is 1.83. The first-order chi connectivity index (χ1) is 13.1. The Kier molecular flexibility index (Phi) is 6.18. The molecule has 140 valence electrons. The third-order valence-electron chi connectivity index (χ3n) is 4.47. The van der Waals surface area contributed by atoms with Crippen molar-refractivity contribution in [1.82, 2.24) is 9.97 Å². The van der Waals surface area contributed by atoms with Gasteiger partial charge in [0.15, 0.2) is 11.0 Å². The van der Waals surface area contributed by atoms with Crippen molar-refractivity contribution in [3.8, 4) is 0 Å². The second kappa shape index (κ2) is 8.77. The Morgan fingerprint density at radius 3 is 2.78 bits per heavy atom. The summed E-state index contributed by atoms with van der Waals surface area (Å²) < 4.78 is 0. The molecule has 2 aromatic rings. The van der Waals surface area contributed by atoms with E-state index in [0.29, 0.717) is 27.5 Å². The molecule has 3 rings (SSSR count). The zero-order valence-corrected chi connectivity index (χ0v) is 16.0. The number of aliphatic imine (C=N–C) groups is 2. The van der Waals surface area contributed by atoms with E-state index in [-0.39, 0.29) is 0 Å². The molecule has 1 aliphatic carbocycles. The molecule has 2 aromatic heterocycles. The van der Waals surface area contributed by atoms with Crippen LogP contribution in [0.5, 0.6) is 0 Å². The van der Waals surface area contributed by atoms with Crippen LogP contribution in [0.2, 0.25) is 0 Å². The van der Waals surface area contributed by atoms with Gasteiger partial charge in [0.25, 0.3) is 0 Å². The summed E-state index contributed by atoms with van der Waals surface area (Å²) in [6.07, 6.45) is 9.41. The standard InChI is InChI=1S/C19H23N7S/c1-23-10-14(9-20)13-8-16-15(24-11-13)6-7-17(25-16)26-19(22)27-18(21)12-4-2-3-5-12/h6-12,21H,2-5,20H2,1H3,(H2,22,25,26). The molecule has 1 saturated carbocycles. The predicted molar refractivity (Wildman–Crippen MR) is 115 cm³/mol. The van der Waals surface area contributed by atoms with Gasteiger partial charge in [0, 0.05) is 42.7 Å². The minimum Gasteiger partial charge on any atom is -0.404 e. The molecule has 2 heterocycles. The summed E-state index contributed by atoms with van der Waals surface area (Å²) in [5.41, 5.74) is 14.7. The van der Waals surface area contributed by atoms with Crippen LogP contribution in [0.4, 0.5) is 5.82 Å². The molecule has 0 amide bonds. The molecule has 7 nitrogen and oxygen atoms in total. The highest BCUT2D eigenvalue weighted by atomic mass is 32.2.